The summed E-state index contributed by atoms with van der Waals surface area (Å²) in [5, 5.41) is 4.24. The van der Waals surface area contributed by atoms with Gasteiger partial charge >= 0.3 is 0 Å². The number of hydrogen-bond acceptors (Lipinski definition) is 6. The van der Waals surface area contributed by atoms with Gasteiger partial charge in [0.25, 0.3) is 0 Å². The monoisotopic (exact) mass is 235 g/mol. The third-order valence-corrected chi connectivity index (χ3v) is 2.98. The molecule has 2 rings (SSSR count). The third kappa shape index (κ3) is 2.46. The number of hydrogen-bond donors (Lipinski definition) is 2. The number of aromatic nitrogens is 3. The molecule has 0 aliphatic heterocycles. The Morgan fingerprint density at radius 2 is 2.12 bits per heavy atom. The van der Waals surface area contributed by atoms with Crippen molar-refractivity contribution in [3.63, 3.8) is 0 Å². The first-order chi connectivity index (χ1) is 7.65. The fraction of sp³-hybridized carbons (Fsp3) is 0.300. The predicted molar refractivity (Wildman–Crippen MR) is 65.4 cm³/mol. The number of rotatable bonds is 3. The molecule has 0 saturated heterocycles. The number of nitrogens with one attached hydrogen (secondary N) is 1. The van der Waals surface area contributed by atoms with E-state index in [-0.39, 0.29) is 5.95 Å². The molecular formula is C10H13N5S. The maximum absolute atomic E-state index is 5.53. The second-order valence-corrected chi connectivity index (χ2v) is 4.80. The van der Waals surface area contributed by atoms with E-state index in [1.807, 2.05) is 20.0 Å². The molecule has 2 aromatic heterocycles. The maximum atomic E-state index is 5.53. The average molecular weight is 235 g/mol. The van der Waals surface area contributed by atoms with Crippen LogP contribution in [0, 0.1) is 13.8 Å². The van der Waals surface area contributed by atoms with E-state index in [9.17, 15) is 0 Å². The highest BCUT2D eigenvalue weighted by Gasteiger charge is 2.03. The molecule has 2 heterocycles. The summed E-state index contributed by atoms with van der Waals surface area (Å²) < 4.78 is 0. The van der Waals surface area contributed by atoms with E-state index < -0.39 is 0 Å². The topological polar surface area (TPSA) is 76.7 Å². The van der Waals surface area contributed by atoms with Crippen LogP contribution in [0.1, 0.15) is 15.4 Å². The Morgan fingerprint density at radius 1 is 1.31 bits per heavy atom. The van der Waals surface area contributed by atoms with E-state index in [4.69, 9.17) is 5.73 Å². The van der Waals surface area contributed by atoms with Crippen LogP contribution in [0.15, 0.2) is 12.4 Å². The van der Waals surface area contributed by atoms with Gasteiger partial charge in [-0.2, -0.15) is 4.98 Å². The molecule has 0 amide bonds. The van der Waals surface area contributed by atoms with Gasteiger partial charge in [0.15, 0.2) is 0 Å². The van der Waals surface area contributed by atoms with Crippen LogP contribution in [-0.2, 0) is 6.54 Å². The van der Waals surface area contributed by atoms with Crippen LogP contribution in [0.25, 0.3) is 0 Å². The molecule has 0 atom stereocenters. The van der Waals surface area contributed by atoms with E-state index in [1.54, 1.807) is 17.5 Å². The van der Waals surface area contributed by atoms with Crippen LogP contribution >= 0.6 is 11.3 Å². The van der Waals surface area contributed by atoms with E-state index in [1.165, 1.54) is 4.88 Å². The Hall–Kier alpha value is -1.69. The van der Waals surface area contributed by atoms with Gasteiger partial charge in [-0.15, -0.1) is 11.3 Å². The fourth-order valence-electron chi connectivity index (χ4n) is 1.28. The van der Waals surface area contributed by atoms with Gasteiger partial charge in [0.1, 0.15) is 10.8 Å². The average Bonchev–Trinajstić information content (AvgIpc) is 2.66. The van der Waals surface area contributed by atoms with Crippen molar-refractivity contribution in [2.75, 3.05) is 11.1 Å². The van der Waals surface area contributed by atoms with Crippen molar-refractivity contribution in [2.45, 2.75) is 20.4 Å². The molecule has 3 N–H and O–H groups in total. The first kappa shape index (κ1) is 10.8. The minimum absolute atomic E-state index is 0.281. The van der Waals surface area contributed by atoms with Crippen molar-refractivity contribution in [2.24, 2.45) is 0 Å². The summed E-state index contributed by atoms with van der Waals surface area (Å²) in [6.07, 6.45) is 3.57. The lowest BCUT2D eigenvalue weighted by Crippen LogP contribution is -2.05. The Bertz CT molecular complexity index is 494. The summed E-state index contributed by atoms with van der Waals surface area (Å²) in [4.78, 5) is 13.5. The van der Waals surface area contributed by atoms with E-state index in [0.717, 1.165) is 16.4 Å². The number of thiazole rings is 1. The van der Waals surface area contributed by atoms with Gasteiger partial charge in [0, 0.05) is 22.8 Å². The molecule has 0 fully saturated rings. The number of nitrogens with two attached hydrogens (primary N) is 1. The Balaban J connectivity index is 2.07. The molecule has 0 aromatic carbocycles. The van der Waals surface area contributed by atoms with Gasteiger partial charge in [0.2, 0.25) is 5.95 Å². The number of nitrogen functional groups attached to an aromatic ring is 1. The van der Waals surface area contributed by atoms with E-state index in [0.29, 0.717) is 6.54 Å². The van der Waals surface area contributed by atoms with Crippen molar-refractivity contribution in [3.8, 4) is 0 Å². The highest BCUT2D eigenvalue weighted by molar-refractivity contribution is 7.11. The lowest BCUT2D eigenvalue weighted by atomic mass is 10.3. The van der Waals surface area contributed by atoms with E-state index in [2.05, 4.69) is 20.3 Å². The van der Waals surface area contributed by atoms with Crippen LogP contribution in [0.2, 0.25) is 0 Å². The van der Waals surface area contributed by atoms with Crippen molar-refractivity contribution < 1.29 is 0 Å². The van der Waals surface area contributed by atoms with Crippen LogP contribution in [0.3, 0.4) is 0 Å². The van der Waals surface area contributed by atoms with Crippen LogP contribution in [0.5, 0.6) is 0 Å². The second kappa shape index (κ2) is 4.44. The van der Waals surface area contributed by atoms with Gasteiger partial charge in [-0.25, -0.2) is 9.97 Å². The first-order valence-corrected chi connectivity index (χ1v) is 5.71. The molecule has 0 aliphatic rings. The largest absolute Gasteiger partial charge is 0.368 e. The molecule has 5 nitrogen and oxygen atoms in total. The summed E-state index contributed by atoms with van der Waals surface area (Å²) in [5.74, 6) is 1.05. The molecule has 6 heteroatoms. The van der Waals surface area contributed by atoms with Crippen molar-refractivity contribution in [1.82, 2.24) is 15.0 Å². The number of aryl methyl sites for hydroxylation is 2. The van der Waals surface area contributed by atoms with Crippen LogP contribution < -0.4 is 11.1 Å². The van der Waals surface area contributed by atoms with Gasteiger partial charge in [-0.05, 0) is 13.8 Å². The molecule has 0 radical (unpaired) electrons. The zero-order valence-electron chi connectivity index (χ0n) is 9.19. The summed E-state index contributed by atoms with van der Waals surface area (Å²) >= 11 is 1.67. The Morgan fingerprint density at radius 3 is 2.81 bits per heavy atom. The molecule has 16 heavy (non-hydrogen) atoms. The molecular weight excluding hydrogens is 222 g/mol. The standard InChI is InChI=1S/C10H13N5S/c1-6-3-14-10(11)15-9(6)13-5-8-12-4-7(2)16-8/h3-4H,5H2,1-2H3,(H3,11,13,14,15). The third-order valence-electron chi connectivity index (χ3n) is 2.07. The normalized spacial score (nSPS) is 10.4. The minimum Gasteiger partial charge on any atom is -0.368 e. The van der Waals surface area contributed by atoms with Gasteiger partial charge < -0.3 is 11.1 Å². The summed E-state index contributed by atoms with van der Waals surface area (Å²) in [7, 11) is 0. The smallest absolute Gasteiger partial charge is 0.221 e. The van der Waals surface area contributed by atoms with Gasteiger partial charge in [-0.1, -0.05) is 0 Å². The molecule has 0 saturated carbocycles. The molecule has 84 valence electrons. The summed E-state index contributed by atoms with van der Waals surface area (Å²) in [5.41, 5.74) is 6.50. The lowest BCUT2D eigenvalue weighted by Gasteiger charge is -2.06. The molecule has 0 bridgehead atoms. The highest BCUT2D eigenvalue weighted by Crippen LogP contribution is 2.15. The predicted octanol–water partition coefficient (Wildman–Crippen LogP) is 1.74. The van der Waals surface area contributed by atoms with Crippen LogP contribution in [-0.4, -0.2) is 15.0 Å². The zero-order chi connectivity index (χ0) is 11.5. The van der Waals surface area contributed by atoms with Crippen molar-refractivity contribution in [3.05, 3.63) is 27.8 Å². The van der Waals surface area contributed by atoms with Crippen molar-refractivity contribution >= 4 is 23.1 Å². The SMILES string of the molecule is Cc1cnc(CNc2nc(N)ncc2C)s1. The van der Waals surface area contributed by atoms with Crippen molar-refractivity contribution in [1.29, 1.82) is 0 Å². The zero-order valence-corrected chi connectivity index (χ0v) is 10.0. The second-order valence-electron chi connectivity index (χ2n) is 3.48. The summed E-state index contributed by atoms with van der Waals surface area (Å²) in [6.45, 7) is 4.64. The van der Waals surface area contributed by atoms with Crippen LogP contribution in [0.4, 0.5) is 11.8 Å². The highest BCUT2D eigenvalue weighted by atomic mass is 32.1. The van der Waals surface area contributed by atoms with Gasteiger partial charge in [-0.3, -0.25) is 0 Å². The fourth-order valence-corrected chi connectivity index (χ4v) is 2.00. The summed E-state index contributed by atoms with van der Waals surface area (Å²) in [6, 6.07) is 0. The van der Waals surface area contributed by atoms with E-state index >= 15 is 0 Å². The quantitative estimate of drug-likeness (QED) is 0.847. The number of anilines is 2. The maximum Gasteiger partial charge on any atom is 0.221 e. The molecule has 0 aliphatic carbocycles. The minimum atomic E-state index is 0.281. The van der Waals surface area contributed by atoms with Gasteiger partial charge in [0.05, 0.1) is 6.54 Å². The Kier molecular flexibility index (Phi) is 3.00. The first-order valence-electron chi connectivity index (χ1n) is 4.89. The molecule has 0 unspecified atom stereocenters. The Labute approximate surface area is 97.8 Å². The lowest BCUT2D eigenvalue weighted by molar-refractivity contribution is 1.05. The number of nitrogens with zero attached hydrogens (tertiary/aromatic N) is 3. The molecule has 0 spiro atoms. The molecule has 2 aromatic rings.